The summed E-state index contributed by atoms with van der Waals surface area (Å²) in [5.41, 5.74) is -0.413. The molecule has 1 aliphatic rings. The van der Waals surface area contributed by atoms with Gasteiger partial charge in [-0.1, -0.05) is 11.6 Å². The van der Waals surface area contributed by atoms with Crippen molar-refractivity contribution >= 4 is 23.4 Å². The molecule has 0 aromatic heterocycles. The van der Waals surface area contributed by atoms with Gasteiger partial charge in [-0.3, -0.25) is 9.59 Å². The number of esters is 1. The van der Waals surface area contributed by atoms with Gasteiger partial charge in [0.05, 0.1) is 12.7 Å². The van der Waals surface area contributed by atoms with Crippen LogP contribution in [0.5, 0.6) is 0 Å². The molecule has 1 N–H and O–H groups in total. The third-order valence-corrected chi connectivity index (χ3v) is 3.48. The minimum atomic E-state index is -1.52. The van der Waals surface area contributed by atoms with E-state index in [1.54, 1.807) is 32.0 Å². The van der Waals surface area contributed by atoms with E-state index in [9.17, 15) is 14.7 Å². The number of aliphatic hydroxyl groups is 1. The molecule has 1 unspecified atom stereocenters. The van der Waals surface area contributed by atoms with Crippen LogP contribution >= 0.6 is 11.6 Å². The van der Waals surface area contributed by atoms with Gasteiger partial charge < -0.3 is 9.84 Å². The molecule has 0 spiro atoms. The SMILES string of the molecule is CC(C)OC(=O)C1(CO)Cc2cc(Cl)ccc2C1=O. The maximum Gasteiger partial charge on any atom is 0.323 e. The maximum absolute atomic E-state index is 12.4. The maximum atomic E-state index is 12.4. The summed E-state index contributed by atoms with van der Waals surface area (Å²) in [6, 6.07) is 4.83. The van der Waals surface area contributed by atoms with Crippen LogP contribution in [0.4, 0.5) is 0 Å². The highest BCUT2D eigenvalue weighted by Crippen LogP contribution is 2.39. The molecular weight excluding hydrogens is 268 g/mol. The van der Waals surface area contributed by atoms with E-state index in [0.717, 1.165) is 0 Å². The second kappa shape index (κ2) is 4.94. The topological polar surface area (TPSA) is 63.6 Å². The number of carbonyl (C=O) groups excluding carboxylic acids is 2. The third-order valence-electron chi connectivity index (χ3n) is 3.24. The van der Waals surface area contributed by atoms with Crippen LogP contribution in [0.1, 0.15) is 29.8 Å². The Morgan fingerprint density at radius 1 is 1.53 bits per heavy atom. The number of hydrogen-bond donors (Lipinski definition) is 1. The minimum Gasteiger partial charge on any atom is -0.462 e. The molecule has 19 heavy (non-hydrogen) atoms. The molecule has 0 saturated carbocycles. The smallest absolute Gasteiger partial charge is 0.323 e. The number of halogens is 1. The van der Waals surface area contributed by atoms with Crippen molar-refractivity contribution in [2.75, 3.05) is 6.61 Å². The first-order valence-electron chi connectivity index (χ1n) is 6.06. The van der Waals surface area contributed by atoms with Gasteiger partial charge >= 0.3 is 5.97 Å². The lowest BCUT2D eigenvalue weighted by molar-refractivity contribution is -0.158. The molecule has 0 amide bonds. The molecule has 0 radical (unpaired) electrons. The number of hydrogen-bond acceptors (Lipinski definition) is 4. The Kier molecular flexibility index (Phi) is 3.65. The second-order valence-electron chi connectivity index (χ2n) is 5.00. The molecule has 1 aliphatic carbocycles. The van der Waals surface area contributed by atoms with Crippen molar-refractivity contribution in [3.05, 3.63) is 34.3 Å². The molecule has 0 bridgehead atoms. The molecule has 1 aromatic carbocycles. The molecule has 5 heteroatoms. The van der Waals surface area contributed by atoms with Crippen LogP contribution in [0, 0.1) is 5.41 Å². The summed E-state index contributed by atoms with van der Waals surface area (Å²) in [4.78, 5) is 24.5. The molecule has 1 aromatic rings. The number of aliphatic hydroxyl groups excluding tert-OH is 1. The van der Waals surface area contributed by atoms with Crippen molar-refractivity contribution in [2.45, 2.75) is 26.4 Å². The normalized spacial score (nSPS) is 21.6. The molecule has 0 fully saturated rings. The summed E-state index contributed by atoms with van der Waals surface area (Å²) in [5.74, 6) is -1.07. The number of fused-ring (bicyclic) bond motifs is 1. The zero-order valence-electron chi connectivity index (χ0n) is 10.8. The van der Waals surface area contributed by atoms with Crippen molar-refractivity contribution in [3.8, 4) is 0 Å². The molecule has 0 heterocycles. The van der Waals surface area contributed by atoms with Gasteiger partial charge in [0.2, 0.25) is 0 Å². The Balaban J connectivity index is 2.41. The lowest BCUT2D eigenvalue weighted by Gasteiger charge is -2.23. The number of benzene rings is 1. The van der Waals surface area contributed by atoms with E-state index >= 15 is 0 Å². The Hall–Kier alpha value is -1.39. The first-order valence-corrected chi connectivity index (χ1v) is 6.43. The highest BCUT2D eigenvalue weighted by atomic mass is 35.5. The molecule has 1 atom stereocenters. The average Bonchev–Trinajstić information content (AvgIpc) is 2.62. The first-order chi connectivity index (χ1) is 8.90. The van der Waals surface area contributed by atoms with E-state index in [2.05, 4.69) is 0 Å². The van der Waals surface area contributed by atoms with E-state index < -0.39 is 23.8 Å². The van der Waals surface area contributed by atoms with Crippen LogP contribution in [0.3, 0.4) is 0 Å². The third kappa shape index (κ3) is 2.26. The van der Waals surface area contributed by atoms with Crippen molar-refractivity contribution in [1.82, 2.24) is 0 Å². The van der Waals surface area contributed by atoms with Crippen molar-refractivity contribution in [1.29, 1.82) is 0 Å². The van der Waals surface area contributed by atoms with Gasteiger partial charge in [0, 0.05) is 10.6 Å². The summed E-state index contributed by atoms with van der Waals surface area (Å²) in [6.07, 6.45) is -0.208. The Morgan fingerprint density at radius 2 is 2.21 bits per heavy atom. The lowest BCUT2D eigenvalue weighted by Crippen LogP contribution is -2.43. The van der Waals surface area contributed by atoms with E-state index in [0.29, 0.717) is 16.1 Å². The van der Waals surface area contributed by atoms with E-state index in [-0.39, 0.29) is 12.5 Å². The van der Waals surface area contributed by atoms with Gasteiger partial charge in [-0.2, -0.15) is 0 Å². The Morgan fingerprint density at radius 3 is 2.79 bits per heavy atom. The summed E-state index contributed by atoms with van der Waals surface area (Å²) < 4.78 is 5.11. The Labute approximate surface area is 116 Å². The molecular formula is C14H15ClO4. The number of rotatable bonds is 3. The summed E-state index contributed by atoms with van der Waals surface area (Å²) in [7, 11) is 0. The molecule has 0 aliphatic heterocycles. The average molecular weight is 283 g/mol. The van der Waals surface area contributed by atoms with Gasteiger partial charge in [0.25, 0.3) is 0 Å². The summed E-state index contributed by atoms with van der Waals surface area (Å²) in [6.45, 7) is 2.84. The number of ketones is 1. The van der Waals surface area contributed by atoms with Crippen LogP contribution in [0.25, 0.3) is 0 Å². The van der Waals surface area contributed by atoms with Gasteiger partial charge in [-0.05, 0) is 44.0 Å². The van der Waals surface area contributed by atoms with Gasteiger partial charge in [-0.25, -0.2) is 0 Å². The van der Waals surface area contributed by atoms with Crippen molar-refractivity contribution in [2.24, 2.45) is 5.41 Å². The van der Waals surface area contributed by atoms with Crippen LogP contribution in [-0.2, 0) is 16.0 Å². The van der Waals surface area contributed by atoms with Crippen LogP contribution in [-0.4, -0.2) is 29.6 Å². The molecule has 2 rings (SSSR count). The fraction of sp³-hybridized carbons (Fsp3) is 0.429. The zero-order chi connectivity index (χ0) is 14.2. The predicted molar refractivity (Wildman–Crippen MR) is 70.2 cm³/mol. The standard InChI is InChI=1S/C14H15ClO4/c1-8(2)19-13(18)14(7-16)6-9-5-10(15)3-4-11(9)12(14)17/h3-5,8,16H,6-7H2,1-2H3. The molecule has 4 nitrogen and oxygen atoms in total. The Bertz CT molecular complexity index is 538. The fourth-order valence-electron chi connectivity index (χ4n) is 2.28. The summed E-state index contributed by atoms with van der Waals surface area (Å²) >= 11 is 5.88. The predicted octanol–water partition coefficient (Wildman–Crippen LogP) is 2.01. The van der Waals surface area contributed by atoms with Crippen molar-refractivity contribution in [3.63, 3.8) is 0 Å². The first kappa shape index (κ1) is 14.0. The van der Waals surface area contributed by atoms with E-state index in [1.165, 1.54) is 0 Å². The largest absolute Gasteiger partial charge is 0.462 e. The van der Waals surface area contributed by atoms with Gasteiger partial charge in [0.15, 0.2) is 11.2 Å². The second-order valence-corrected chi connectivity index (χ2v) is 5.44. The lowest BCUT2D eigenvalue weighted by atomic mass is 9.84. The summed E-state index contributed by atoms with van der Waals surface area (Å²) in [5, 5.41) is 10.1. The number of Topliss-reactive ketones (excluding diaryl/α,β-unsaturated/α-hetero) is 1. The van der Waals surface area contributed by atoms with E-state index in [4.69, 9.17) is 16.3 Å². The minimum absolute atomic E-state index is 0.129. The number of ether oxygens (including phenoxy) is 1. The monoisotopic (exact) mass is 282 g/mol. The molecule has 0 saturated heterocycles. The van der Waals surface area contributed by atoms with Gasteiger partial charge in [0.1, 0.15) is 0 Å². The van der Waals surface area contributed by atoms with Crippen LogP contribution in [0.15, 0.2) is 18.2 Å². The highest BCUT2D eigenvalue weighted by molar-refractivity contribution is 6.31. The quantitative estimate of drug-likeness (QED) is 0.680. The van der Waals surface area contributed by atoms with E-state index in [1.807, 2.05) is 0 Å². The zero-order valence-corrected chi connectivity index (χ0v) is 11.5. The molecule has 102 valence electrons. The van der Waals surface area contributed by atoms with Gasteiger partial charge in [-0.15, -0.1) is 0 Å². The van der Waals surface area contributed by atoms with Crippen LogP contribution in [0.2, 0.25) is 5.02 Å². The number of carbonyl (C=O) groups is 2. The highest BCUT2D eigenvalue weighted by Gasteiger charge is 2.52. The fourth-order valence-corrected chi connectivity index (χ4v) is 2.47. The van der Waals surface area contributed by atoms with Crippen molar-refractivity contribution < 1.29 is 19.4 Å². The van der Waals surface area contributed by atoms with Crippen LogP contribution < -0.4 is 0 Å².